The van der Waals surface area contributed by atoms with Crippen LogP contribution in [0.25, 0.3) is 0 Å². The van der Waals surface area contributed by atoms with Crippen LogP contribution in [0.5, 0.6) is 5.75 Å². The molecule has 164 valence electrons. The lowest BCUT2D eigenvalue weighted by Crippen LogP contribution is -2.25. The van der Waals surface area contributed by atoms with E-state index < -0.39 is 23.9 Å². The van der Waals surface area contributed by atoms with Crippen molar-refractivity contribution >= 4 is 40.3 Å². The lowest BCUT2D eigenvalue weighted by atomic mass is 10.1. The highest BCUT2D eigenvalue weighted by Gasteiger charge is 2.36. The number of alkyl halides is 3. The summed E-state index contributed by atoms with van der Waals surface area (Å²) < 4.78 is 41.7. The molecule has 2 aliphatic rings. The van der Waals surface area contributed by atoms with E-state index in [9.17, 15) is 22.8 Å². The molecule has 0 saturated carbocycles. The molecule has 0 bridgehead atoms. The number of hydrogen-bond donors (Lipinski definition) is 1. The molecule has 0 spiro atoms. The summed E-state index contributed by atoms with van der Waals surface area (Å²) in [5, 5.41) is 10.5. The molecule has 3 aromatic carbocycles. The van der Waals surface area contributed by atoms with Crippen LogP contribution in [0.15, 0.2) is 83.0 Å². The van der Waals surface area contributed by atoms with Gasteiger partial charge in [0.15, 0.2) is 11.4 Å². The number of nitrogens with one attached hydrogen (secondary N) is 1. The van der Waals surface area contributed by atoms with Crippen LogP contribution in [0.3, 0.4) is 0 Å². The maximum Gasteiger partial charge on any atom is 0.573 e. The molecular weight excluding hydrogens is 437 g/mol. The van der Waals surface area contributed by atoms with E-state index in [-0.39, 0.29) is 22.7 Å². The van der Waals surface area contributed by atoms with Crippen LogP contribution in [0.4, 0.5) is 30.2 Å². The van der Waals surface area contributed by atoms with Crippen LogP contribution in [-0.2, 0) is 9.59 Å². The second kappa shape index (κ2) is 7.59. The summed E-state index contributed by atoms with van der Waals surface area (Å²) >= 11 is 0. The van der Waals surface area contributed by atoms with E-state index in [1.54, 1.807) is 48.5 Å². The number of nitrogens with zero attached hydrogens (tertiary/aromatic N) is 3. The second-order valence-electron chi connectivity index (χ2n) is 7.10. The molecule has 2 amide bonds. The molecule has 5 rings (SSSR count). The van der Waals surface area contributed by atoms with Crippen LogP contribution in [0, 0.1) is 0 Å². The summed E-state index contributed by atoms with van der Waals surface area (Å²) in [5.74, 6) is -1.60. The first-order chi connectivity index (χ1) is 15.8. The monoisotopic (exact) mass is 450 g/mol. The molecule has 0 saturated heterocycles. The van der Waals surface area contributed by atoms with Crippen molar-refractivity contribution in [2.75, 3.05) is 10.2 Å². The summed E-state index contributed by atoms with van der Waals surface area (Å²) in [5.41, 5.74) is 1.88. The highest BCUT2D eigenvalue weighted by atomic mass is 19.4. The molecule has 10 heteroatoms. The van der Waals surface area contributed by atoms with Gasteiger partial charge in [0.25, 0.3) is 11.8 Å². The number of hydrogen-bond acceptors (Lipinski definition) is 5. The smallest absolute Gasteiger partial charge is 0.406 e. The minimum Gasteiger partial charge on any atom is -0.406 e. The Bertz CT molecular complexity index is 1350. The Labute approximate surface area is 184 Å². The quantitative estimate of drug-likeness (QED) is 0.600. The largest absolute Gasteiger partial charge is 0.573 e. The number of ether oxygens (including phenoxy) is 1. The first kappa shape index (κ1) is 20.4. The van der Waals surface area contributed by atoms with Crippen molar-refractivity contribution < 1.29 is 27.5 Å². The lowest BCUT2D eigenvalue weighted by molar-refractivity contribution is -0.274. The summed E-state index contributed by atoms with van der Waals surface area (Å²) in [4.78, 5) is 27.0. The molecule has 0 fully saturated rings. The third-order valence-corrected chi connectivity index (χ3v) is 5.01. The van der Waals surface area contributed by atoms with E-state index in [1.807, 2.05) is 6.07 Å². The molecule has 0 aliphatic carbocycles. The number of para-hydroxylation sites is 2. The Morgan fingerprint density at radius 1 is 0.818 bits per heavy atom. The zero-order chi connectivity index (χ0) is 23.2. The van der Waals surface area contributed by atoms with Crippen LogP contribution >= 0.6 is 0 Å². The molecule has 0 radical (unpaired) electrons. The molecule has 0 atom stereocenters. The van der Waals surface area contributed by atoms with E-state index in [0.717, 1.165) is 12.1 Å². The van der Waals surface area contributed by atoms with Gasteiger partial charge in [0.1, 0.15) is 5.75 Å². The Morgan fingerprint density at radius 2 is 1.52 bits per heavy atom. The van der Waals surface area contributed by atoms with Crippen LogP contribution in [0.2, 0.25) is 0 Å². The molecule has 7 nitrogen and oxygen atoms in total. The van der Waals surface area contributed by atoms with Gasteiger partial charge in [-0.15, -0.1) is 23.4 Å². The van der Waals surface area contributed by atoms with Crippen LogP contribution < -0.4 is 15.0 Å². The standard InChI is InChI=1S/C23H13F3N4O3/c24-23(25,26)33-14-10-11-17-16(12-14)19(21(31)27-17)28-29-20-15-8-4-5-9-18(15)30(22(20)32)13-6-2-1-3-7-13/h1-12H,(H,27,28,31)/b29-20-. The van der Waals surface area contributed by atoms with Gasteiger partial charge in [-0.2, -0.15) is 0 Å². The summed E-state index contributed by atoms with van der Waals surface area (Å²) in [7, 11) is 0. The third-order valence-electron chi connectivity index (χ3n) is 5.01. The zero-order valence-electron chi connectivity index (χ0n) is 16.6. The number of benzene rings is 3. The summed E-state index contributed by atoms with van der Waals surface area (Å²) in [6.45, 7) is 0. The molecular formula is C23H13F3N4O3. The number of carbonyl (C=O) groups excluding carboxylic acids is 2. The first-order valence-corrected chi connectivity index (χ1v) is 9.68. The average Bonchev–Trinajstić information content (AvgIpc) is 3.24. The zero-order valence-corrected chi connectivity index (χ0v) is 16.6. The Hall–Kier alpha value is -4.47. The van der Waals surface area contributed by atoms with Gasteiger partial charge in [0, 0.05) is 16.8 Å². The number of amides is 2. The summed E-state index contributed by atoms with van der Waals surface area (Å²) in [6.07, 6.45) is -4.89. The van der Waals surface area contributed by atoms with Gasteiger partial charge in [-0.3, -0.25) is 14.5 Å². The Balaban J connectivity index is 1.56. The van der Waals surface area contributed by atoms with E-state index in [1.165, 1.54) is 11.0 Å². The number of carbonyl (C=O) groups is 2. The predicted octanol–water partition coefficient (Wildman–Crippen LogP) is 4.41. The average molecular weight is 450 g/mol. The van der Waals surface area contributed by atoms with Crippen molar-refractivity contribution in [2.45, 2.75) is 6.36 Å². The van der Waals surface area contributed by atoms with Gasteiger partial charge in [0.2, 0.25) is 0 Å². The van der Waals surface area contributed by atoms with E-state index in [0.29, 0.717) is 16.9 Å². The number of anilines is 3. The Morgan fingerprint density at radius 3 is 2.27 bits per heavy atom. The molecule has 3 aromatic rings. The molecule has 0 unspecified atom stereocenters. The molecule has 33 heavy (non-hydrogen) atoms. The van der Waals surface area contributed by atoms with Crippen molar-refractivity contribution in [3.8, 4) is 5.75 Å². The first-order valence-electron chi connectivity index (χ1n) is 9.68. The highest BCUT2D eigenvalue weighted by Crippen LogP contribution is 2.36. The predicted molar refractivity (Wildman–Crippen MR) is 115 cm³/mol. The van der Waals surface area contributed by atoms with E-state index in [4.69, 9.17) is 0 Å². The maximum absolute atomic E-state index is 13.2. The number of halogens is 3. The van der Waals surface area contributed by atoms with Crippen molar-refractivity contribution in [1.82, 2.24) is 0 Å². The van der Waals surface area contributed by atoms with Crippen molar-refractivity contribution in [3.05, 3.63) is 83.9 Å². The van der Waals surface area contributed by atoms with Crippen molar-refractivity contribution in [1.29, 1.82) is 0 Å². The highest BCUT2D eigenvalue weighted by molar-refractivity contribution is 6.56. The maximum atomic E-state index is 13.2. The second-order valence-corrected chi connectivity index (χ2v) is 7.10. The Kier molecular flexibility index (Phi) is 4.70. The summed E-state index contributed by atoms with van der Waals surface area (Å²) in [6, 6.07) is 19.3. The fourth-order valence-electron chi connectivity index (χ4n) is 3.66. The van der Waals surface area contributed by atoms with Gasteiger partial charge in [-0.1, -0.05) is 36.4 Å². The molecule has 2 aliphatic heterocycles. The fraction of sp³-hybridized carbons (Fsp3) is 0.0435. The van der Waals surface area contributed by atoms with Crippen LogP contribution in [-0.4, -0.2) is 29.6 Å². The minimum atomic E-state index is -4.89. The molecule has 1 N–H and O–H groups in total. The molecule has 2 heterocycles. The van der Waals surface area contributed by atoms with E-state index in [2.05, 4.69) is 20.3 Å². The topological polar surface area (TPSA) is 83.4 Å². The van der Waals surface area contributed by atoms with Crippen LogP contribution in [0.1, 0.15) is 11.1 Å². The van der Waals surface area contributed by atoms with Gasteiger partial charge < -0.3 is 10.1 Å². The number of fused-ring (bicyclic) bond motifs is 2. The fourth-order valence-corrected chi connectivity index (χ4v) is 3.66. The van der Waals surface area contributed by atoms with Gasteiger partial charge in [0.05, 0.1) is 11.4 Å². The van der Waals surface area contributed by atoms with Gasteiger partial charge >= 0.3 is 6.36 Å². The van der Waals surface area contributed by atoms with Gasteiger partial charge in [-0.25, -0.2) is 0 Å². The third kappa shape index (κ3) is 3.71. The van der Waals surface area contributed by atoms with E-state index >= 15 is 0 Å². The van der Waals surface area contributed by atoms with Crippen molar-refractivity contribution in [3.63, 3.8) is 0 Å². The number of rotatable bonds is 3. The van der Waals surface area contributed by atoms with Gasteiger partial charge in [-0.05, 0) is 36.4 Å². The SMILES string of the molecule is O=C1Nc2ccc(OC(F)(F)F)cc2/C1=N/N=C1\C(=O)N(c2ccccc2)c2ccccc21. The minimum absolute atomic E-state index is 0.00546. The lowest BCUT2D eigenvalue weighted by Gasteiger charge is -2.16. The normalized spacial score (nSPS) is 17.4. The molecule has 0 aromatic heterocycles. The van der Waals surface area contributed by atoms with Crippen molar-refractivity contribution in [2.24, 2.45) is 10.2 Å².